The molecule has 0 aromatic rings. The molecule has 21 heavy (non-hydrogen) atoms. The average Bonchev–Trinajstić information content (AvgIpc) is 2.52. The van der Waals surface area contributed by atoms with Crippen molar-refractivity contribution in [3.05, 3.63) is 11.6 Å². The van der Waals surface area contributed by atoms with Crippen molar-refractivity contribution in [3.63, 3.8) is 0 Å². The zero-order valence-corrected chi connectivity index (χ0v) is 14.4. The first-order valence-electron chi connectivity index (χ1n) is 8.03. The van der Waals surface area contributed by atoms with E-state index in [1.54, 1.807) is 0 Å². The van der Waals surface area contributed by atoms with Crippen molar-refractivity contribution in [2.45, 2.75) is 31.9 Å². The number of ether oxygens (including phenoxy) is 1. The van der Waals surface area contributed by atoms with Crippen molar-refractivity contribution in [1.29, 1.82) is 0 Å². The topological polar surface area (TPSA) is 36.9 Å². The number of nitrogens with zero attached hydrogens (tertiary/aromatic N) is 2. The van der Waals surface area contributed by atoms with Crippen LogP contribution in [0.15, 0.2) is 16.6 Å². The second kappa shape index (κ2) is 8.69. The molecule has 2 rings (SSSR count). The van der Waals surface area contributed by atoms with Crippen molar-refractivity contribution in [3.8, 4) is 0 Å². The quantitative estimate of drug-likeness (QED) is 0.491. The molecule has 1 fully saturated rings. The van der Waals surface area contributed by atoms with Crippen molar-refractivity contribution < 1.29 is 4.74 Å². The number of hydrogen-bond donors (Lipinski definition) is 1. The van der Waals surface area contributed by atoms with Crippen LogP contribution in [0.5, 0.6) is 0 Å². The van der Waals surface area contributed by atoms with Crippen LogP contribution in [0.1, 0.15) is 26.7 Å². The Labute approximate surface area is 133 Å². The van der Waals surface area contributed by atoms with Gasteiger partial charge in [-0.1, -0.05) is 25.5 Å². The van der Waals surface area contributed by atoms with Gasteiger partial charge in [0.25, 0.3) is 0 Å². The molecular formula is C16H29N3OS. The maximum absolute atomic E-state index is 5.35. The van der Waals surface area contributed by atoms with E-state index < -0.39 is 0 Å². The van der Waals surface area contributed by atoms with Crippen LogP contribution >= 0.6 is 11.8 Å². The molecule has 0 amide bonds. The SMILES string of the molecule is CN=C(NCCC1=CCOCC1)N1CCSC(C(C)C)C1. The third kappa shape index (κ3) is 5.22. The van der Waals surface area contributed by atoms with Gasteiger partial charge in [-0.25, -0.2) is 0 Å². The second-order valence-electron chi connectivity index (χ2n) is 6.01. The zero-order valence-electron chi connectivity index (χ0n) is 13.6. The Kier molecular flexibility index (Phi) is 6.90. The van der Waals surface area contributed by atoms with Crippen molar-refractivity contribution in [2.75, 3.05) is 45.6 Å². The molecule has 1 saturated heterocycles. The normalized spacial score (nSPS) is 24.2. The monoisotopic (exact) mass is 311 g/mol. The van der Waals surface area contributed by atoms with Crippen LogP contribution < -0.4 is 5.32 Å². The number of thioether (sulfide) groups is 1. The van der Waals surface area contributed by atoms with E-state index in [-0.39, 0.29) is 0 Å². The van der Waals surface area contributed by atoms with E-state index in [9.17, 15) is 0 Å². The van der Waals surface area contributed by atoms with Gasteiger partial charge in [0.15, 0.2) is 5.96 Å². The summed E-state index contributed by atoms with van der Waals surface area (Å²) >= 11 is 2.10. The van der Waals surface area contributed by atoms with Crippen LogP contribution in [0.2, 0.25) is 0 Å². The van der Waals surface area contributed by atoms with Gasteiger partial charge in [-0.15, -0.1) is 0 Å². The highest BCUT2D eigenvalue weighted by Gasteiger charge is 2.24. The number of guanidine groups is 1. The van der Waals surface area contributed by atoms with Gasteiger partial charge in [0.1, 0.15) is 0 Å². The average molecular weight is 311 g/mol. The van der Waals surface area contributed by atoms with E-state index in [4.69, 9.17) is 4.74 Å². The second-order valence-corrected chi connectivity index (χ2v) is 7.36. The summed E-state index contributed by atoms with van der Waals surface area (Å²) in [5.74, 6) is 2.99. The van der Waals surface area contributed by atoms with E-state index in [1.165, 1.54) is 11.3 Å². The molecule has 0 saturated carbocycles. The predicted octanol–water partition coefficient (Wildman–Crippen LogP) is 2.37. The van der Waals surface area contributed by atoms with Crippen molar-refractivity contribution in [2.24, 2.45) is 10.9 Å². The van der Waals surface area contributed by atoms with Gasteiger partial charge in [0.2, 0.25) is 0 Å². The molecular weight excluding hydrogens is 282 g/mol. The van der Waals surface area contributed by atoms with Gasteiger partial charge in [0, 0.05) is 37.7 Å². The van der Waals surface area contributed by atoms with Gasteiger partial charge in [-0.2, -0.15) is 11.8 Å². The molecule has 0 aromatic carbocycles. The standard InChI is InChI=1S/C16H29N3OS/c1-13(2)15-12-19(8-11-21-15)16(17-3)18-7-4-14-5-9-20-10-6-14/h5,13,15H,4,6-12H2,1-3H3,(H,17,18). The first kappa shape index (κ1) is 16.7. The highest BCUT2D eigenvalue weighted by atomic mass is 32.2. The number of rotatable bonds is 4. The summed E-state index contributed by atoms with van der Waals surface area (Å²) in [5, 5.41) is 4.25. The lowest BCUT2D eigenvalue weighted by Crippen LogP contribution is -2.49. The minimum Gasteiger partial charge on any atom is -0.377 e. The van der Waals surface area contributed by atoms with Crippen LogP contribution in [0.4, 0.5) is 0 Å². The fraction of sp³-hybridized carbons (Fsp3) is 0.812. The first-order chi connectivity index (χ1) is 10.2. The smallest absolute Gasteiger partial charge is 0.193 e. The molecule has 4 nitrogen and oxygen atoms in total. The van der Waals surface area contributed by atoms with Gasteiger partial charge < -0.3 is 15.0 Å². The van der Waals surface area contributed by atoms with Gasteiger partial charge in [-0.3, -0.25) is 4.99 Å². The molecule has 1 N–H and O–H groups in total. The van der Waals surface area contributed by atoms with Crippen LogP contribution in [0, 0.1) is 5.92 Å². The minimum atomic E-state index is 0.718. The fourth-order valence-corrected chi connectivity index (χ4v) is 4.03. The summed E-state index contributed by atoms with van der Waals surface area (Å²) in [6.07, 6.45) is 4.40. The third-order valence-electron chi connectivity index (χ3n) is 4.13. The van der Waals surface area contributed by atoms with E-state index in [0.717, 1.165) is 62.8 Å². The molecule has 0 radical (unpaired) electrons. The van der Waals surface area contributed by atoms with E-state index >= 15 is 0 Å². The van der Waals surface area contributed by atoms with Crippen LogP contribution in [0.3, 0.4) is 0 Å². The third-order valence-corrected chi connectivity index (χ3v) is 5.67. The van der Waals surface area contributed by atoms with E-state index in [2.05, 4.69) is 46.9 Å². The molecule has 1 unspecified atom stereocenters. The molecule has 0 aromatic heterocycles. The minimum absolute atomic E-state index is 0.718. The Hall–Kier alpha value is -0.680. The first-order valence-corrected chi connectivity index (χ1v) is 9.08. The lowest BCUT2D eigenvalue weighted by Gasteiger charge is -2.36. The molecule has 5 heteroatoms. The summed E-state index contributed by atoms with van der Waals surface area (Å²) in [6.45, 7) is 9.46. The zero-order chi connectivity index (χ0) is 15.1. The van der Waals surface area contributed by atoms with Crippen LogP contribution in [-0.2, 0) is 4.74 Å². The van der Waals surface area contributed by atoms with E-state index in [1.807, 2.05) is 7.05 Å². The summed E-state index contributed by atoms with van der Waals surface area (Å²) in [7, 11) is 1.89. The molecule has 0 bridgehead atoms. The molecule has 2 aliphatic rings. The molecule has 1 atom stereocenters. The van der Waals surface area contributed by atoms with Crippen LogP contribution in [-0.4, -0.2) is 61.8 Å². The fourth-order valence-electron chi connectivity index (χ4n) is 2.73. The molecule has 0 spiro atoms. The van der Waals surface area contributed by atoms with Gasteiger partial charge >= 0.3 is 0 Å². The molecule has 2 heterocycles. The Morgan fingerprint density at radius 2 is 2.43 bits per heavy atom. The summed E-state index contributed by atoms with van der Waals surface area (Å²) < 4.78 is 5.35. The Morgan fingerprint density at radius 1 is 1.57 bits per heavy atom. The summed E-state index contributed by atoms with van der Waals surface area (Å²) in [6, 6.07) is 0. The summed E-state index contributed by atoms with van der Waals surface area (Å²) in [4.78, 5) is 6.88. The maximum atomic E-state index is 5.35. The largest absolute Gasteiger partial charge is 0.377 e. The van der Waals surface area contributed by atoms with Gasteiger partial charge in [-0.05, 0) is 18.8 Å². The number of aliphatic imine (C=N–C) groups is 1. The Morgan fingerprint density at radius 3 is 3.10 bits per heavy atom. The molecule has 0 aliphatic carbocycles. The van der Waals surface area contributed by atoms with Crippen molar-refractivity contribution >= 4 is 17.7 Å². The number of hydrogen-bond acceptors (Lipinski definition) is 3. The lowest BCUT2D eigenvalue weighted by atomic mass is 10.1. The highest BCUT2D eigenvalue weighted by molar-refractivity contribution is 8.00. The van der Waals surface area contributed by atoms with E-state index in [0.29, 0.717) is 0 Å². The molecule has 120 valence electrons. The van der Waals surface area contributed by atoms with Crippen molar-refractivity contribution in [1.82, 2.24) is 10.2 Å². The number of nitrogens with one attached hydrogen (secondary N) is 1. The predicted molar refractivity (Wildman–Crippen MR) is 92.2 cm³/mol. The lowest BCUT2D eigenvalue weighted by molar-refractivity contribution is 0.153. The Balaban J connectivity index is 1.78. The van der Waals surface area contributed by atoms with Gasteiger partial charge in [0.05, 0.1) is 13.2 Å². The Bertz CT molecular complexity index is 382. The molecule has 2 aliphatic heterocycles. The van der Waals surface area contributed by atoms with Crippen LogP contribution in [0.25, 0.3) is 0 Å². The summed E-state index contributed by atoms with van der Waals surface area (Å²) in [5.41, 5.74) is 1.51. The highest BCUT2D eigenvalue weighted by Crippen LogP contribution is 2.24. The maximum Gasteiger partial charge on any atom is 0.193 e.